The molecular weight excluding hydrogens is 362 g/mol. The first-order valence-corrected chi connectivity index (χ1v) is 10.6. The molecule has 148 valence electrons. The van der Waals surface area contributed by atoms with Gasteiger partial charge in [0.1, 0.15) is 0 Å². The lowest BCUT2D eigenvalue weighted by Crippen LogP contribution is -2.54. The van der Waals surface area contributed by atoms with E-state index in [1.807, 2.05) is 29.3 Å². The highest BCUT2D eigenvalue weighted by Gasteiger charge is 2.27. The first-order chi connectivity index (χ1) is 13.1. The summed E-state index contributed by atoms with van der Waals surface area (Å²) < 4.78 is 5.35. The van der Waals surface area contributed by atoms with Gasteiger partial charge in [-0.05, 0) is 30.3 Å². The van der Waals surface area contributed by atoms with Crippen molar-refractivity contribution in [1.29, 1.82) is 0 Å². The van der Waals surface area contributed by atoms with Crippen LogP contribution in [0.3, 0.4) is 0 Å². The fraction of sp³-hybridized carbons (Fsp3) is 0.632. The van der Waals surface area contributed by atoms with Crippen molar-refractivity contribution < 1.29 is 9.32 Å². The number of aryl methyl sites for hydroxylation is 1. The maximum Gasteiger partial charge on any atom is 0.239 e. The highest BCUT2D eigenvalue weighted by molar-refractivity contribution is 7.13. The summed E-state index contributed by atoms with van der Waals surface area (Å²) in [5.41, 5.74) is 6.09. The summed E-state index contributed by atoms with van der Waals surface area (Å²) in [6.45, 7) is 8.38. The minimum atomic E-state index is -0.378. The monoisotopic (exact) mass is 391 g/mol. The number of nitrogens with two attached hydrogens (primary N) is 1. The summed E-state index contributed by atoms with van der Waals surface area (Å²) in [7, 11) is 0. The topological polar surface area (TPSA) is 88.5 Å². The van der Waals surface area contributed by atoms with Gasteiger partial charge in [0, 0.05) is 32.6 Å². The van der Waals surface area contributed by atoms with E-state index >= 15 is 0 Å². The predicted octanol–water partition coefficient (Wildman–Crippen LogP) is 2.25. The van der Waals surface area contributed by atoms with Crippen LogP contribution in [0, 0.1) is 5.92 Å². The molecule has 27 heavy (non-hydrogen) atoms. The van der Waals surface area contributed by atoms with Crippen LogP contribution in [-0.2, 0) is 11.2 Å². The Hall–Kier alpha value is -1.77. The molecule has 2 atom stereocenters. The van der Waals surface area contributed by atoms with Crippen molar-refractivity contribution >= 4 is 17.2 Å². The lowest BCUT2D eigenvalue weighted by atomic mass is 9.98. The molecule has 0 saturated carbocycles. The second-order valence-electron chi connectivity index (χ2n) is 7.17. The number of thiophene rings is 1. The third kappa shape index (κ3) is 5.15. The number of rotatable bonds is 8. The molecule has 2 aromatic rings. The molecule has 2 unspecified atom stereocenters. The number of piperazine rings is 1. The van der Waals surface area contributed by atoms with Crippen LogP contribution in [0.5, 0.6) is 0 Å². The van der Waals surface area contributed by atoms with Crippen LogP contribution in [0.25, 0.3) is 10.7 Å². The van der Waals surface area contributed by atoms with E-state index in [0.29, 0.717) is 11.7 Å². The van der Waals surface area contributed by atoms with Crippen molar-refractivity contribution in [1.82, 2.24) is 19.9 Å². The van der Waals surface area contributed by atoms with Crippen LogP contribution in [0.1, 0.15) is 32.6 Å². The number of hydrogen-bond donors (Lipinski definition) is 1. The van der Waals surface area contributed by atoms with E-state index in [2.05, 4.69) is 22.0 Å². The summed E-state index contributed by atoms with van der Waals surface area (Å²) in [6.07, 6.45) is 2.67. The number of nitrogens with zero attached hydrogens (tertiary/aromatic N) is 4. The Morgan fingerprint density at radius 2 is 2.15 bits per heavy atom. The van der Waals surface area contributed by atoms with Crippen molar-refractivity contribution in [3.8, 4) is 10.7 Å². The number of hydrogen-bond acceptors (Lipinski definition) is 7. The lowest BCUT2D eigenvalue weighted by Gasteiger charge is -2.36. The third-order valence-corrected chi connectivity index (χ3v) is 6.17. The normalized spacial score (nSPS) is 17.8. The average Bonchev–Trinajstić information content (AvgIpc) is 3.38. The van der Waals surface area contributed by atoms with Crippen molar-refractivity contribution in [2.45, 2.75) is 39.2 Å². The molecule has 0 bridgehead atoms. The maximum atomic E-state index is 12.5. The van der Waals surface area contributed by atoms with Crippen LogP contribution < -0.4 is 5.73 Å². The summed E-state index contributed by atoms with van der Waals surface area (Å²) in [5, 5.41) is 6.05. The van der Waals surface area contributed by atoms with Crippen molar-refractivity contribution in [3.63, 3.8) is 0 Å². The minimum Gasteiger partial charge on any atom is -0.339 e. The van der Waals surface area contributed by atoms with Crippen molar-refractivity contribution in [2.24, 2.45) is 11.7 Å². The van der Waals surface area contributed by atoms with Crippen molar-refractivity contribution in [3.05, 3.63) is 23.4 Å². The van der Waals surface area contributed by atoms with E-state index in [1.165, 1.54) is 0 Å². The first kappa shape index (κ1) is 20.0. The van der Waals surface area contributed by atoms with Gasteiger partial charge in [0.25, 0.3) is 0 Å². The van der Waals surface area contributed by atoms with Gasteiger partial charge >= 0.3 is 0 Å². The zero-order valence-corrected chi connectivity index (χ0v) is 17.0. The molecule has 3 heterocycles. The molecule has 1 aliphatic heterocycles. The quantitative estimate of drug-likeness (QED) is 0.742. The van der Waals surface area contributed by atoms with Crippen LogP contribution in [0.15, 0.2) is 22.0 Å². The highest BCUT2D eigenvalue weighted by Crippen LogP contribution is 2.21. The van der Waals surface area contributed by atoms with E-state index in [1.54, 1.807) is 11.3 Å². The van der Waals surface area contributed by atoms with Gasteiger partial charge in [-0.1, -0.05) is 31.5 Å². The Balaban J connectivity index is 1.38. The second kappa shape index (κ2) is 9.43. The molecule has 2 N–H and O–H groups in total. The smallest absolute Gasteiger partial charge is 0.239 e. The van der Waals surface area contributed by atoms with Gasteiger partial charge < -0.3 is 15.2 Å². The molecule has 1 aliphatic rings. The van der Waals surface area contributed by atoms with Gasteiger partial charge in [-0.25, -0.2) is 0 Å². The maximum absolute atomic E-state index is 12.5. The predicted molar refractivity (Wildman–Crippen MR) is 106 cm³/mol. The molecule has 1 fully saturated rings. The Morgan fingerprint density at radius 3 is 2.81 bits per heavy atom. The average molecular weight is 392 g/mol. The third-order valence-electron chi connectivity index (χ3n) is 5.30. The molecule has 3 rings (SSSR count). The summed E-state index contributed by atoms with van der Waals surface area (Å²) >= 11 is 1.61. The zero-order chi connectivity index (χ0) is 19.2. The van der Waals surface area contributed by atoms with Crippen LogP contribution >= 0.6 is 11.3 Å². The molecule has 2 aromatic heterocycles. The minimum absolute atomic E-state index is 0.0935. The van der Waals surface area contributed by atoms with Crippen LogP contribution in [0.2, 0.25) is 0 Å². The molecule has 1 saturated heterocycles. The SMILES string of the molecule is CCC(C)C(N)C(=O)N1CCN(CCCc2nc(-c3cccs3)no2)CC1. The highest BCUT2D eigenvalue weighted by atomic mass is 32.1. The van der Waals surface area contributed by atoms with E-state index in [9.17, 15) is 4.79 Å². The first-order valence-electron chi connectivity index (χ1n) is 9.71. The van der Waals surface area contributed by atoms with E-state index in [0.717, 1.165) is 56.9 Å². The van der Waals surface area contributed by atoms with E-state index in [4.69, 9.17) is 10.3 Å². The Labute approximate surface area is 164 Å². The largest absolute Gasteiger partial charge is 0.339 e. The van der Waals surface area contributed by atoms with Crippen LogP contribution in [0.4, 0.5) is 0 Å². The number of amides is 1. The van der Waals surface area contributed by atoms with Gasteiger partial charge in [-0.15, -0.1) is 11.3 Å². The number of carbonyl (C=O) groups excluding carboxylic acids is 1. The molecule has 0 aromatic carbocycles. The molecule has 8 heteroatoms. The summed E-state index contributed by atoms with van der Waals surface area (Å²) in [5.74, 6) is 1.68. The zero-order valence-electron chi connectivity index (χ0n) is 16.1. The van der Waals surface area contributed by atoms with E-state index in [-0.39, 0.29) is 17.9 Å². The second-order valence-corrected chi connectivity index (χ2v) is 8.12. The van der Waals surface area contributed by atoms with Gasteiger partial charge in [0.15, 0.2) is 0 Å². The molecular formula is C19H29N5O2S. The molecule has 0 aliphatic carbocycles. The number of carbonyl (C=O) groups is 1. The Bertz CT molecular complexity index is 710. The summed E-state index contributed by atoms with van der Waals surface area (Å²) in [6, 6.07) is 3.60. The van der Waals surface area contributed by atoms with E-state index < -0.39 is 0 Å². The van der Waals surface area contributed by atoms with Crippen molar-refractivity contribution in [2.75, 3.05) is 32.7 Å². The standard InChI is InChI=1S/C19H29N5O2S/c1-3-14(2)17(20)19(25)24-11-9-23(10-12-24)8-4-7-16-21-18(22-26-16)15-6-5-13-27-15/h5-6,13-14,17H,3-4,7-12,20H2,1-2H3. The molecule has 1 amide bonds. The Morgan fingerprint density at radius 1 is 1.37 bits per heavy atom. The molecule has 0 radical (unpaired) electrons. The molecule has 0 spiro atoms. The number of aromatic nitrogens is 2. The van der Waals surface area contributed by atoms with Gasteiger partial charge in [-0.2, -0.15) is 4.98 Å². The fourth-order valence-corrected chi connectivity index (χ4v) is 3.87. The Kier molecular flexibility index (Phi) is 6.98. The van der Waals surface area contributed by atoms with Gasteiger partial charge in [0.05, 0.1) is 10.9 Å². The van der Waals surface area contributed by atoms with Crippen LogP contribution in [-0.4, -0.2) is 64.6 Å². The fourth-order valence-electron chi connectivity index (χ4n) is 3.22. The molecule has 7 nitrogen and oxygen atoms in total. The van der Waals surface area contributed by atoms with Gasteiger partial charge in [0.2, 0.25) is 17.6 Å². The summed E-state index contributed by atoms with van der Waals surface area (Å²) in [4.78, 5) is 22.2. The van der Waals surface area contributed by atoms with Gasteiger partial charge in [-0.3, -0.25) is 9.69 Å². The lowest BCUT2D eigenvalue weighted by molar-refractivity contribution is -0.135.